The number of rotatable bonds is 12. The van der Waals surface area contributed by atoms with Gasteiger partial charge in [-0.15, -0.1) is 0 Å². The van der Waals surface area contributed by atoms with Crippen LogP contribution in [0.15, 0.2) is 0 Å². The molecule has 1 aliphatic heterocycles. The molecule has 1 atom stereocenters. The van der Waals surface area contributed by atoms with Gasteiger partial charge in [0.25, 0.3) is 0 Å². The molecule has 1 unspecified atom stereocenters. The van der Waals surface area contributed by atoms with Crippen LogP contribution in [0, 0.1) is 5.41 Å². The molecular formula is C19H39N. The fraction of sp³-hybridized carbons (Fsp3) is 1.00. The summed E-state index contributed by atoms with van der Waals surface area (Å²) < 4.78 is 0. The van der Waals surface area contributed by atoms with E-state index in [2.05, 4.69) is 25.7 Å². The van der Waals surface area contributed by atoms with Crippen LogP contribution in [0.25, 0.3) is 0 Å². The highest BCUT2D eigenvalue weighted by Gasteiger charge is 2.24. The van der Waals surface area contributed by atoms with Gasteiger partial charge < -0.3 is 4.90 Å². The molecule has 1 nitrogen and oxygen atoms in total. The third-order valence-corrected chi connectivity index (χ3v) is 5.25. The fourth-order valence-corrected chi connectivity index (χ4v) is 3.57. The number of likely N-dealkylation sites (tertiary alicyclic amines) is 1. The van der Waals surface area contributed by atoms with Crippen LogP contribution in [-0.4, -0.2) is 24.5 Å². The molecule has 1 aliphatic rings. The van der Waals surface area contributed by atoms with E-state index in [4.69, 9.17) is 0 Å². The Labute approximate surface area is 128 Å². The third kappa shape index (κ3) is 7.67. The van der Waals surface area contributed by atoms with E-state index < -0.39 is 0 Å². The van der Waals surface area contributed by atoms with Gasteiger partial charge in [0.05, 0.1) is 0 Å². The van der Waals surface area contributed by atoms with Gasteiger partial charge in [-0.25, -0.2) is 0 Å². The van der Waals surface area contributed by atoms with Gasteiger partial charge in [-0.3, -0.25) is 0 Å². The van der Waals surface area contributed by atoms with E-state index in [1.165, 1.54) is 96.7 Å². The summed E-state index contributed by atoms with van der Waals surface area (Å²) in [5.41, 5.74) is 0.616. The Hall–Kier alpha value is -0.0400. The lowest BCUT2D eigenvalue weighted by molar-refractivity contribution is 0.193. The van der Waals surface area contributed by atoms with E-state index in [1.807, 2.05) is 0 Å². The van der Waals surface area contributed by atoms with Gasteiger partial charge in [0.1, 0.15) is 0 Å². The SMILES string of the molecule is CCCCCCCC(C)(CCCC)CCN1CCCC1. The van der Waals surface area contributed by atoms with Crippen LogP contribution in [0.2, 0.25) is 0 Å². The molecule has 1 saturated heterocycles. The summed E-state index contributed by atoms with van der Waals surface area (Å²) in [5, 5.41) is 0. The van der Waals surface area contributed by atoms with Crippen molar-refractivity contribution < 1.29 is 0 Å². The number of hydrogen-bond donors (Lipinski definition) is 0. The minimum Gasteiger partial charge on any atom is -0.303 e. The lowest BCUT2D eigenvalue weighted by Gasteiger charge is -2.32. The molecule has 1 fully saturated rings. The number of hydrogen-bond acceptors (Lipinski definition) is 1. The van der Waals surface area contributed by atoms with E-state index in [0.717, 1.165) is 0 Å². The second kappa shape index (κ2) is 10.7. The van der Waals surface area contributed by atoms with Crippen LogP contribution in [0.5, 0.6) is 0 Å². The topological polar surface area (TPSA) is 3.24 Å². The van der Waals surface area contributed by atoms with Gasteiger partial charge in [-0.1, -0.05) is 65.7 Å². The van der Waals surface area contributed by atoms with E-state index in [-0.39, 0.29) is 0 Å². The summed E-state index contributed by atoms with van der Waals surface area (Å²) >= 11 is 0. The zero-order valence-corrected chi connectivity index (χ0v) is 14.6. The first-order valence-corrected chi connectivity index (χ1v) is 9.42. The molecule has 0 spiro atoms. The molecule has 0 aliphatic carbocycles. The molecule has 20 heavy (non-hydrogen) atoms. The Kier molecular flexibility index (Phi) is 9.59. The van der Waals surface area contributed by atoms with Crippen LogP contribution in [0.3, 0.4) is 0 Å². The molecule has 0 amide bonds. The number of nitrogens with zero attached hydrogens (tertiary/aromatic N) is 1. The van der Waals surface area contributed by atoms with Crippen LogP contribution in [-0.2, 0) is 0 Å². The van der Waals surface area contributed by atoms with Crippen LogP contribution < -0.4 is 0 Å². The molecule has 0 N–H and O–H groups in total. The summed E-state index contributed by atoms with van der Waals surface area (Å²) in [5.74, 6) is 0. The Balaban J connectivity index is 2.26. The second-order valence-electron chi connectivity index (χ2n) is 7.38. The highest BCUT2D eigenvalue weighted by atomic mass is 15.1. The first kappa shape index (κ1) is 18.0. The van der Waals surface area contributed by atoms with E-state index >= 15 is 0 Å². The summed E-state index contributed by atoms with van der Waals surface area (Å²) in [6.07, 6.45) is 17.1. The van der Waals surface area contributed by atoms with E-state index in [1.54, 1.807) is 0 Å². The third-order valence-electron chi connectivity index (χ3n) is 5.25. The minimum atomic E-state index is 0.616. The van der Waals surface area contributed by atoms with Crippen molar-refractivity contribution in [2.75, 3.05) is 19.6 Å². The standard InChI is InChI=1S/C19H39N/c1-4-6-8-9-10-14-19(3,13-7-5-2)15-18-20-16-11-12-17-20/h4-18H2,1-3H3. The maximum Gasteiger partial charge on any atom is -0.00135 e. The van der Waals surface area contributed by atoms with Crippen molar-refractivity contribution in [1.82, 2.24) is 4.90 Å². The molecule has 0 aromatic carbocycles. The summed E-state index contributed by atoms with van der Waals surface area (Å²) in [6, 6.07) is 0. The highest BCUT2D eigenvalue weighted by molar-refractivity contribution is 4.77. The van der Waals surface area contributed by atoms with Crippen LogP contribution >= 0.6 is 0 Å². The average Bonchev–Trinajstić information content (AvgIpc) is 2.96. The zero-order chi connectivity index (χ0) is 14.7. The molecule has 0 bridgehead atoms. The predicted molar refractivity (Wildman–Crippen MR) is 91.3 cm³/mol. The fourth-order valence-electron chi connectivity index (χ4n) is 3.57. The van der Waals surface area contributed by atoms with Crippen molar-refractivity contribution in [2.45, 2.75) is 97.8 Å². The Morgan fingerprint density at radius 3 is 2.00 bits per heavy atom. The van der Waals surface area contributed by atoms with Gasteiger partial charge in [-0.05, 0) is 57.2 Å². The molecular weight excluding hydrogens is 242 g/mol. The second-order valence-corrected chi connectivity index (χ2v) is 7.38. The van der Waals surface area contributed by atoms with Gasteiger partial charge >= 0.3 is 0 Å². The Morgan fingerprint density at radius 1 is 0.750 bits per heavy atom. The van der Waals surface area contributed by atoms with Gasteiger partial charge in [-0.2, -0.15) is 0 Å². The largest absolute Gasteiger partial charge is 0.303 e. The molecule has 0 aromatic rings. The van der Waals surface area contributed by atoms with E-state index in [9.17, 15) is 0 Å². The smallest absolute Gasteiger partial charge is 0.00135 e. The quantitative estimate of drug-likeness (QED) is 0.395. The first-order chi connectivity index (χ1) is 9.70. The maximum absolute atomic E-state index is 2.70. The van der Waals surface area contributed by atoms with Crippen molar-refractivity contribution in [3.8, 4) is 0 Å². The average molecular weight is 282 g/mol. The summed E-state index contributed by atoms with van der Waals surface area (Å²) in [6.45, 7) is 11.3. The van der Waals surface area contributed by atoms with Gasteiger partial charge in [0.15, 0.2) is 0 Å². The van der Waals surface area contributed by atoms with Crippen molar-refractivity contribution in [1.29, 1.82) is 0 Å². The molecule has 0 aromatic heterocycles. The molecule has 1 rings (SSSR count). The first-order valence-electron chi connectivity index (χ1n) is 9.42. The summed E-state index contributed by atoms with van der Waals surface area (Å²) in [7, 11) is 0. The highest BCUT2D eigenvalue weighted by Crippen LogP contribution is 2.35. The minimum absolute atomic E-state index is 0.616. The van der Waals surface area contributed by atoms with Crippen molar-refractivity contribution in [3.05, 3.63) is 0 Å². The van der Waals surface area contributed by atoms with Crippen molar-refractivity contribution in [2.24, 2.45) is 5.41 Å². The van der Waals surface area contributed by atoms with Crippen LogP contribution in [0.1, 0.15) is 97.8 Å². The lowest BCUT2D eigenvalue weighted by atomic mass is 9.77. The van der Waals surface area contributed by atoms with Gasteiger partial charge in [0, 0.05) is 0 Å². The normalized spacial score (nSPS) is 19.4. The number of unbranched alkanes of at least 4 members (excludes halogenated alkanes) is 5. The molecule has 120 valence electrons. The maximum atomic E-state index is 2.70. The van der Waals surface area contributed by atoms with Crippen molar-refractivity contribution >= 4 is 0 Å². The Morgan fingerprint density at radius 2 is 1.35 bits per heavy atom. The monoisotopic (exact) mass is 281 g/mol. The molecule has 0 radical (unpaired) electrons. The van der Waals surface area contributed by atoms with Crippen LogP contribution in [0.4, 0.5) is 0 Å². The zero-order valence-electron chi connectivity index (χ0n) is 14.6. The Bertz CT molecular complexity index is 220. The van der Waals surface area contributed by atoms with Crippen molar-refractivity contribution in [3.63, 3.8) is 0 Å². The molecule has 1 heterocycles. The van der Waals surface area contributed by atoms with E-state index in [0.29, 0.717) is 5.41 Å². The summed E-state index contributed by atoms with van der Waals surface area (Å²) in [4.78, 5) is 2.70. The molecule has 0 saturated carbocycles. The van der Waals surface area contributed by atoms with Gasteiger partial charge in [0.2, 0.25) is 0 Å². The lowest BCUT2D eigenvalue weighted by Crippen LogP contribution is -2.27. The molecule has 1 heteroatoms. The predicted octanol–water partition coefficient (Wildman–Crippen LogP) is 6.03.